The number of amides is 1. The Balaban J connectivity index is 0.00000192. The molecule has 0 saturated heterocycles. The van der Waals surface area contributed by atoms with Gasteiger partial charge in [-0.3, -0.25) is 4.79 Å². The number of nitrogens with one attached hydrogen (secondary N) is 2. The largest absolute Gasteiger partial charge is 0.350 e. The van der Waals surface area contributed by atoms with E-state index in [9.17, 15) is 4.79 Å². The molecule has 0 aliphatic carbocycles. The van der Waals surface area contributed by atoms with E-state index in [0.29, 0.717) is 11.4 Å². The Morgan fingerprint density at radius 1 is 1.57 bits per heavy atom. The second-order valence-electron chi connectivity index (χ2n) is 5.16. The maximum Gasteiger partial charge on any atom is 0.259 e. The van der Waals surface area contributed by atoms with Gasteiger partial charge in [0, 0.05) is 37.3 Å². The summed E-state index contributed by atoms with van der Waals surface area (Å²) in [6.45, 7) is 3.12. The van der Waals surface area contributed by atoms with Crippen molar-refractivity contribution in [2.75, 3.05) is 23.7 Å². The zero-order valence-corrected chi connectivity index (χ0v) is 14.3. The van der Waals surface area contributed by atoms with E-state index in [0.717, 1.165) is 29.1 Å². The molecule has 7 nitrogen and oxygen atoms in total. The summed E-state index contributed by atoms with van der Waals surface area (Å²) < 4.78 is 0. The molecule has 1 amide bonds. The van der Waals surface area contributed by atoms with E-state index >= 15 is 0 Å². The Labute approximate surface area is 144 Å². The lowest BCUT2D eigenvalue weighted by Gasteiger charge is -2.25. The number of nitrogens with zero attached hydrogens (tertiary/aromatic N) is 3. The average molecular weight is 355 g/mol. The van der Waals surface area contributed by atoms with Crippen molar-refractivity contribution in [1.29, 1.82) is 0 Å². The topological polar surface area (TPSA) is 99.9 Å². The fourth-order valence-electron chi connectivity index (χ4n) is 2.22. The first-order valence-electron chi connectivity index (χ1n) is 7.08. The highest BCUT2D eigenvalue weighted by atomic mass is 35.5. The normalized spacial score (nSPS) is 15.7. The Hall–Kier alpha value is -1.77. The molecular formula is C14H19ClN6OS. The van der Waals surface area contributed by atoms with Crippen LogP contribution in [0.1, 0.15) is 6.92 Å². The van der Waals surface area contributed by atoms with Gasteiger partial charge in [-0.25, -0.2) is 9.97 Å². The van der Waals surface area contributed by atoms with Crippen molar-refractivity contribution in [1.82, 2.24) is 20.3 Å². The van der Waals surface area contributed by atoms with Gasteiger partial charge in [-0.05, 0) is 13.0 Å². The minimum Gasteiger partial charge on any atom is -0.350 e. The van der Waals surface area contributed by atoms with Crippen molar-refractivity contribution in [3.8, 4) is 0 Å². The summed E-state index contributed by atoms with van der Waals surface area (Å²) >= 11 is 1.54. The van der Waals surface area contributed by atoms with Crippen LogP contribution >= 0.6 is 24.2 Å². The molecular weight excluding hydrogens is 336 g/mol. The molecule has 3 rings (SSSR count). The van der Waals surface area contributed by atoms with Crippen LogP contribution in [-0.4, -0.2) is 45.7 Å². The van der Waals surface area contributed by atoms with Crippen LogP contribution in [0.2, 0.25) is 0 Å². The quantitative estimate of drug-likeness (QED) is 0.763. The summed E-state index contributed by atoms with van der Waals surface area (Å²) in [6, 6.07) is 1.88. The Morgan fingerprint density at radius 2 is 2.39 bits per heavy atom. The molecule has 1 aliphatic heterocycles. The monoisotopic (exact) mass is 354 g/mol. The minimum absolute atomic E-state index is 0. The van der Waals surface area contributed by atoms with Crippen molar-refractivity contribution in [2.24, 2.45) is 5.73 Å². The van der Waals surface area contributed by atoms with Crippen molar-refractivity contribution < 1.29 is 4.79 Å². The number of thioether (sulfide) groups is 1. The third kappa shape index (κ3) is 3.95. The summed E-state index contributed by atoms with van der Waals surface area (Å²) in [5.74, 6) is 1.54. The van der Waals surface area contributed by atoms with E-state index in [-0.39, 0.29) is 24.4 Å². The van der Waals surface area contributed by atoms with Gasteiger partial charge >= 0.3 is 0 Å². The number of fused-ring (bicyclic) bond motifs is 1. The van der Waals surface area contributed by atoms with E-state index in [1.807, 2.05) is 30.3 Å². The maximum atomic E-state index is 12.2. The molecule has 0 saturated carbocycles. The second-order valence-corrected chi connectivity index (χ2v) is 6.30. The second kappa shape index (κ2) is 7.67. The van der Waals surface area contributed by atoms with Gasteiger partial charge in [-0.2, -0.15) is 0 Å². The number of aromatic nitrogens is 3. The van der Waals surface area contributed by atoms with Crippen LogP contribution in [0.4, 0.5) is 5.82 Å². The van der Waals surface area contributed by atoms with E-state index in [1.54, 1.807) is 11.8 Å². The number of halogens is 1. The van der Waals surface area contributed by atoms with E-state index in [2.05, 4.69) is 20.3 Å². The third-order valence-electron chi connectivity index (χ3n) is 3.28. The molecule has 0 unspecified atom stereocenters. The van der Waals surface area contributed by atoms with Gasteiger partial charge in [0.2, 0.25) is 0 Å². The van der Waals surface area contributed by atoms with Crippen molar-refractivity contribution in [3.05, 3.63) is 29.7 Å². The summed E-state index contributed by atoms with van der Waals surface area (Å²) in [4.78, 5) is 26.5. The lowest BCUT2D eigenvalue weighted by Crippen LogP contribution is -2.37. The number of aromatic amines is 1. The molecule has 0 aromatic carbocycles. The number of nitrogens with two attached hydrogens (primary N) is 1. The van der Waals surface area contributed by atoms with Crippen LogP contribution < -0.4 is 16.0 Å². The van der Waals surface area contributed by atoms with Gasteiger partial charge in [0.1, 0.15) is 17.8 Å². The number of hydrogen-bond donors (Lipinski definition) is 3. The fraction of sp³-hybridized carbons (Fsp3) is 0.357. The van der Waals surface area contributed by atoms with Crippen LogP contribution in [0.25, 0.3) is 11.0 Å². The van der Waals surface area contributed by atoms with E-state index < -0.39 is 0 Å². The van der Waals surface area contributed by atoms with Gasteiger partial charge in [-0.15, -0.1) is 24.2 Å². The first-order valence-corrected chi connectivity index (χ1v) is 8.07. The van der Waals surface area contributed by atoms with Crippen molar-refractivity contribution >= 4 is 46.9 Å². The van der Waals surface area contributed by atoms with Crippen LogP contribution in [0.5, 0.6) is 0 Å². The van der Waals surface area contributed by atoms with Crippen LogP contribution in [0.15, 0.2) is 29.7 Å². The fourth-order valence-corrected chi connectivity index (χ4v) is 3.13. The molecule has 1 aliphatic rings. The summed E-state index contributed by atoms with van der Waals surface area (Å²) in [7, 11) is 0. The maximum absolute atomic E-state index is 12.2. The zero-order chi connectivity index (χ0) is 15.5. The molecule has 0 bridgehead atoms. The molecule has 1 atom stereocenters. The molecule has 124 valence electrons. The average Bonchev–Trinajstić information content (AvgIpc) is 3.01. The number of carbonyl (C=O) groups is 1. The molecule has 9 heteroatoms. The molecule has 23 heavy (non-hydrogen) atoms. The molecule has 3 heterocycles. The van der Waals surface area contributed by atoms with E-state index in [4.69, 9.17) is 5.73 Å². The molecule has 2 aromatic rings. The summed E-state index contributed by atoms with van der Waals surface area (Å²) in [6.07, 6.45) is 5.21. The molecule has 0 radical (unpaired) electrons. The predicted molar refractivity (Wildman–Crippen MR) is 95.7 cm³/mol. The van der Waals surface area contributed by atoms with Gasteiger partial charge in [-0.1, -0.05) is 0 Å². The lowest BCUT2D eigenvalue weighted by molar-refractivity contribution is -0.116. The van der Waals surface area contributed by atoms with Gasteiger partial charge in [0.05, 0.1) is 10.3 Å². The lowest BCUT2D eigenvalue weighted by atomic mass is 10.3. The SMILES string of the molecule is C[C@@H](N)CNC(=O)C1=CN(c2ncnc3[nH]ccc23)CCS1.Cl. The smallest absolute Gasteiger partial charge is 0.259 e. The summed E-state index contributed by atoms with van der Waals surface area (Å²) in [5, 5.41) is 3.78. The standard InChI is InChI=1S/C14H18N6OS.ClH/c1-9(15)6-17-14(21)11-7-20(4-5-22-11)13-10-2-3-16-12(10)18-8-19-13;/h2-3,7-9H,4-6,15H2,1H3,(H,17,21)(H,16,18,19);1H/t9-;/m1./s1. The third-order valence-corrected chi connectivity index (χ3v) is 4.26. The Morgan fingerprint density at radius 3 is 3.17 bits per heavy atom. The Kier molecular flexibility index (Phi) is 5.86. The molecule has 0 spiro atoms. The minimum atomic E-state index is -0.0913. The Bertz CT molecular complexity index is 716. The number of anilines is 1. The first-order chi connectivity index (χ1) is 10.6. The van der Waals surface area contributed by atoms with Gasteiger partial charge < -0.3 is 20.9 Å². The predicted octanol–water partition coefficient (Wildman–Crippen LogP) is 1.24. The first kappa shape index (κ1) is 17.6. The highest BCUT2D eigenvalue weighted by Crippen LogP contribution is 2.28. The molecule has 2 aromatic heterocycles. The van der Waals surface area contributed by atoms with Gasteiger partial charge in [0.25, 0.3) is 5.91 Å². The van der Waals surface area contributed by atoms with Crippen LogP contribution in [0.3, 0.4) is 0 Å². The summed E-state index contributed by atoms with van der Waals surface area (Å²) in [5.41, 5.74) is 6.46. The molecule has 4 N–H and O–H groups in total. The highest BCUT2D eigenvalue weighted by molar-refractivity contribution is 8.04. The molecule has 0 fully saturated rings. The number of rotatable bonds is 4. The van der Waals surface area contributed by atoms with Crippen LogP contribution in [-0.2, 0) is 4.79 Å². The van der Waals surface area contributed by atoms with Gasteiger partial charge in [0.15, 0.2) is 0 Å². The number of hydrogen-bond acceptors (Lipinski definition) is 6. The van der Waals surface area contributed by atoms with Crippen LogP contribution in [0, 0.1) is 0 Å². The number of H-pyrrole nitrogens is 1. The van der Waals surface area contributed by atoms with Crippen molar-refractivity contribution in [2.45, 2.75) is 13.0 Å². The number of carbonyl (C=O) groups excluding carboxylic acids is 1. The van der Waals surface area contributed by atoms with Crippen molar-refractivity contribution in [3.63, 3.8) is 0 Å². The zero-order valence-electron chi connectivity index (χ0n) is 12.7. The highest BCUT2D eigenvalue weighted by Gasteiger charge is 2.20. The van der Waals surface area contributed by atoms with E-state index in [1.165, 1.54) is 6.33 Å².